The maximum absolute atomic E-state index is 13.1. The number of rotatable bonds is 8. The Morgan fingerprint density at radius 2 is 1.37 bits per heavy atom. The highest BCUT2D eigenvalue weighted by atomic mass is 32.2. The van der Waals surface area contributed by atoms with E-state index in [0.29, 0.717) is 33.9 Å². The Hall–Kier alpha value is -4.38. The summed E-state index contributed by atoms with van der Waals surface area (Å²) in [5.74, 6) is 1.04. The molecule has 10 nitrogen and oxygen atoms in total. The van der Waals surface area contributed by atoms with Gasteiger partial charge in [-0.25, -0.2) is 18.4 Å². The van der Waals surface area contributed by atoms with Crippen LogP contribution < -0.4 is 24.8 Å². The van der Waals surface area contributed by atoms with Crippen molar-refractivity contribution in [1.29, 1.82) is 0 Å². The standard InChI is InChI=1S/C24H23N5O5S/c1-15(30)25-16-8-10-20(11-9-16)35(31,32)29-24-23(27-21-6-4-5-7-22(21)28-24)26-17-12-18(33-2)14-19(13-17)34-3/h4-14H,1-3H3,(H,25,30)(H,26,27)(H,28,29). The van der Waals surface area contributed by atoms with E-state index in [2.05, 4.69) is 25.3 Å². The van der Waals surface area contributed by atoms with Gasteiger partial charge in [-0.05, 0) is 36.4 Å². The first kappa shape index (κ1) is 23.8. The summed E-state index contributed by atoms with van der Waals surface area (Å²) in [4.78, 5) is 20.3. The molecule has 3 aromatic carbocycles. The zero-order chi connectivity index (χ0) is 25.0. The number of anilines is 4. The number of nitrogens with one attached hydrogen (secondary N) is 3. The summed E-state index contributed by atoms with van der Waals surface area (Å²) < 4.78 is 39.4. The van der Waals surface area contributed by atoms with Gasteiger partial charge in [0.15, 0.2) is 11.6 Å². The molecule has 0 aliphatic rings. The molecule has 0 aliphatic heterocycles. The van der Waals surface area contributed by atoms with Crippen molar-refractivity contribution in [2.45, 2.75) is 11.8 Å². The molecule has 180 valence electrons. The predicted octanol–water partition coefficient (Wildman–Crippen LogP) is 4.15. The largest absolute Gasteiger partial charge is 0.497 e. The summed E-state index contributed by atoms with van der Waals surface area (Å²) in [5.41, 5.74) is 2.13. The van der Waals surface area contributed by atoms with Crippen molar-refractivity contribution in [2.24, 2.45) is 0 Å². The van der Waals surface area contributed by atoms with Gasteiger partial charge in [-0.15, -0.1) is 0 Å². The lowest BCUT2D eigenvalue weighted by Gasteiger charge is -2.15. The van der Waals surface area contributed by atoms with E-state index in [1.807, 2.05) is 6.07 Å². The molecule has 1 heterocycles. The molecule has 1 aromatic heterocycles. The average molecular weight is 494 g/mol. The predicted molar refractivity (Wildman–Crippen MR) is 134 cm³/mol. The first-order chi connectivity index (χ1) is 16.8. The van der Waals surface area contributed by atoms with Gasteiger partial charge in [-0.2, -0.15) is 0 Å². The van der Waals surface area contributed by atoms with Gasteiger partial charge in [0.1, 0.15) is 11.5 Å². The summed E-state index contributed by atoms with van der Waals surface area (Å²) in [7, 11) is -0.956. The smallest absolute Gasteiger partial charge is 0.263 e. The lowest BCUT2D eigenvalue weighted by molar-refractivity contribution is -0.114. The fraction of sp³-hybridized carbons (Fsp3) is 0.125. The Balaban J connectivity index is 1.72. The van der Waals surface area contributed by atoms with E-state index in [1.165, 1.54) is 45.4 Å². The molecule has 3 N–H and O–H groups in total. The molecular weight excluding hydrogens is 470 g/mol. The Morgan fingerprint density at radius 1 is 0.800 bits per heavy atom. The second-order valence-electron chi connectivity index (χ2n) is 7.45. The number of sulfonamides is 1. The maximum Gasteiger partial charge on any atom is 0.263 e. The number of hydrogen-bond donors (Lipinski definition) is 3. The summed E-state index contributed by atoms with van der Waals surface area (Å²) >= 11 is 0. The van der Waals surface area contributed by atoms with Crippen LogP contribution in [0, 0.1) is 0 Å². The molecular formula is C24H23N5O5S. The molecule has 4 aromatic rings. The van der Waals surface area contributed by atoms with Crippen LogP contribution in [0.2, 0.25) is 0 Å². The second-order valence-corrected chi connectivity index (χ2v) is 9.13. The summed E-state index contributed by atoms with van der Waals surface area (Å²) in [6.45, 7) is 1.37. The van der Waals surface area contributed by atoms with Crippen molar-refractivity contribution >= 4 is 50.0 Å². The third-order valence-electron chi connectivity index (χ3n) is 4.90. The SMILES string of the molecule is COc1cc(Nc2nc3ccccc3nc2NS(=O)(=O)c2ccc(NC(C)=O)cc2)cc(OC)c1. The Morgan fingerprint density at radius 3 is 1.91 bits per heavy atom. The zero-order valence-electron chi connectivity index (χ0n) is 19.2. The Kier molecular flexibility index (Phi) is 6.69. The van der Waals surface area contributed by atoms with Crippen LogP contribution in [-0.4, -0.2) is 38.5 Å². The number of nitrogens with zero attached hydrogens (tertiary/aromatic N) is 2. The summed E-state index contributed by atoms with van der Waals surface area (Å²) in [5, 5.41) is 5.71. The van der Waals surface area contributed by atoms with E-state index in [9.17, 15) is 13.2 Å². The van der Waals surface area contributed by atoms with Crippen molar-refractivity contribution in [3.8, 4) is 11.5 Å². The number of hydrogen-bond acceptors (Lipinski definition) is 8. The van der Waals surface area contributed by atoms with Crippen LogP contribution in [0.1, 0.15) is 6.92 Å². The number of aromatic nitrogens is 2. The minimum Gasteiger partial charge on any atom is -0.497 e. The molecule has 0 saturated heterocycles. The number of ether oxygens (including phenoxy) is 2. The highest BCUT2D eigenvalue weighted by Crippen LogP contribution is 2.31. The van der Waals surface area contributed by atoms with Crippen molar-refractivity contribution in [3.05, 3.63) is 66.7 Å². The normalized spacial score (nSPS) is 11.1. The van der Waals surface area contributed by atoms with E-state index in [-0.39, 0.29) is 22.4 Å². The third kappa shape index (κ3) is 5.58. The van der Waals surface area contributed by atoms with Crippen LogP contribution in [0.3, 0.4) is 0 Å². The average Bonchev–Trinajstić information content (AvgIpc) is 2.84. The van der Waals surface area contributed by atoms with Crippen molar-refractivity contribution in [3.63, 3.8) is 0 Å². The van der Waals surface area contributed by atoms with Gasteiger partial charge in [-0.3, -0.25) is 9.52 Å². The topological polar surface area (TPSA) is 132 Å². The van der Waals surface area contributed by atoms with E-state index >= 15 is 0 Å². The minimum absolute atomic E-state index is 0.00411. The maximum atomic E-state index is 13.1. The highest BCUT2D eigenvalue weighted by Gasteiger charge is 2.19. The number of para-hydroxylation sites is 2. The van der Waals surface area contributed by atoms with Gasteiger partial charge < -0.3 is 20.1 Å². The first-order valence-corrected chi connectivity index (χ1v) is 11.9. The van der Waals surface area contributed by atoms with Gasteiger partial charge in [0.05, 0.1) is 30.1 Å². The van der Waals surface area contributed by atoms with Crippen LogP contribution in [0.15, 0.2) is 71.6 Å². The number of methoxy groups -OCH3 is 2. The van der Waals surface area contributed by atoms with Gasteiger partial charge >= 0.3 is 0 Å². The molecule has 35 heavy (non-hydrogen) atoms. The molecule has 0 unspecified atom stereocenters. The first-order valence-electron chi connectivity index (χ1n) is 10.4. The Bertz CT molecular complexity index is 1470. The molecule has 0 saturated carbocycles. The number of carbonyl (C=O) groups is 1. The van der Waals surface area contributed by atoms with Gasteiger partial charge in [0.25, 0.3) is 10.0 Å². The lowest BCUT2D eigenvalue weighted by Crippen LogP contribution is -2.16. The van der Waals surface area contributed by atoms with Gasteiger partial charge in [0, 0.05) is 36.5 Å². The second kappa shape index (κ2) is 9.85. The van der Waals surface area contributed by atoms with E-state index in [1.54, 1.807) is 36.4 Å². The number of amides is 1. The fourth-order valence-electron chi connectivity index (χ4n) is 3.28. The van der Waals surface area contributed by atoms with Crippen LogP contribution in [0.4, 0.5) is 23.0 Å². The summed E-state index contributed by atoms with van der Waals surface area (Å²) in [6.07, 6.45) is 0. The van der Waals surface area contributed by atoms with E-state index in [4.69, 9.17) is 9.47 Å². The Labute approximate surface area is 202 Å². The molecule has 0 radical (unpaired) electrons. The molecule has 0 aliphatic carbocycles. The number of carbonyl (C=O) groups excluding carboxylic acids is 1. The molecule has 0 spiro atoms. The molecule has 1 amide bonds. The number of fused-ring (bicyclic) bond motifs is 1. The van der Waals surface area contributed by atoms with Gasteiger partial charge in [0.2, 0.25) is 5.91 Å². The molecule has 0 atom stereocenters. The lowest BCUT2D eigenvalue weighted by atomic mass is 10.2. The van der Waals surface area contributed by atoms with E-state index in [0.717, 1.165) is 0 Å². The fourth-order valence-corrected chi connectivity index (χ4v) is 4.29. The number of benzene rings is 3. The monoisotopic (exact) mass is 493 g/mol. The molecule has 0 bridgehead atoms. The van der Waals surface area contributed by atoms with Crippen LogP contribution >= 0.6 is 0 Å². The third-order valence-corrected chi connectivity index (χ3v) is 6.26. The van der Waals surface area contributed by atoms with Gasteiger partial charge in [-0.1, -0.05) is 12.1 Å². The summed E-state index contributed by atoms with van der Waals surface area (Å²) in [6, 6.07) is 18.1. The van der Waals surface area contributed by atoms with Crippen LogP contribution in [0.25, 0.3) is 11.0 Å². The minimum atomic E-state index is -4.02. The van der Waals surface area contributed by atoms with Crippen molar-refractivity contribution in [1.82, 2.24) is 9.97 Å². The van der Waals surface area contributed by atoms with Crippen molar-refractivity contribution in [2.75, 3.05) is 29.6 Å². The van der Waals surface area contributed by atoms with Crippen molar-refractivity contribution < 1.29 is 22.7 Å². The quantitative estimate of drug-likeness (QED) is 0.334. The molecule has 11 heteroatoms. The van der Waals surface area contributed by atoms with E-state index < -0.39 is 10.0 Å². The highest BCUT2D eigenvalue weighted by molar-refractivity contribution is 7.92. The zero-order valence-corrected chi connectivity index (χ0v) is 20.0. The van der Waals surface area contributed by atoms with Crippen LogP contribution in [0.5, 0.6) is 11.5 Å². The molecule has 4 rings (SSSR count). The molecule has 0 fully saturated rings. The van der Waals surface area contributed by atoms with Crippen LogP contribution in [-0.2, 0) is 14.8 Å².